The largest absolute Gasteiger partial charge is 0.368 e. The van der Waals surface area contributed by atoms with Gasteiger partial charge in [0.05, 0.1) is 0 Å². The molecule has 11 heavy (non-hydrogen) atoms. The lowest BCUT2D eigenvalue weighted by Crippen LogP contribution is -2.32. The molecule has 1 rings (SSSR count). The molecule has 0 amide bonds. The van der Waals surface area contributed by atoms with E-state index < -0.39 is 0 Å². The molecule has 0 fully saturated rings. The minimum Gasteiger partial charge on any atom is -0.368 e. The topological polar surface area (TPSA) is 54.0 Å². The van der Waals surface area contributed by atoms with Gasteiger partial charge in [0.2, 0.25) is 5.96 Å². The predicted octanol–water partition coefficient (Wildman–Crippen LogP) is 0.525. The van der Waals surface area contributed by atoms with Gasteiger partial charge in [0.1, 0.15) is 12.2 Å². The second kappa shape index (κ2) is 2.74. The van der Waals surface area contributed by atoms with Gasteiger partial charge in [0, 0.05) is 6.04 Å². The average Bonchev–Trinajstić information content (AvgIpc) is 1.85. The quantitative estimate of drug-likeness (QED) is 0.595. The number of hydrogen-bond donors (Lipinski definition) is 1. The first-order chi connectivity index (χ1) is 5.11. The summed E-state index contributed by atoms with van der Waals surface area (Å²) in [7, 11) is 0. The molecule has 0 spiro atoms. The molecule has 0 aromatic heterocycles. The average molecular weight is 152 g/mol. The molecule has 0 saturated carbocycles. The van der Waals surface area contributed by atoms with Gasteiger partial charge < -0.3 is 10.6 Å². The van der Waals surface area contributed by atoms with E-state index in [1.165, 1.54) is 0 Å². The highest BCUT2D eigenvalue weighted by Crippen LogP contribution is 2.09. The van der Waals surface area contributed by atoms with Crippen LogP contribution in [0, 0.1) is 0 Å². The molecule has 0 aromatic rings. The zero-order valence-electron chi connectivity index (χ0n) is 6.78. The Morgan fingerprint density at radius 1 is 1.64 bits per heavy atom. The molecule has 1 aliphatic rings. The van der Waals surface area contributed by atoms with Gasteiger partial charge in [-0.25, -0.2) is 4.99 Å². The van der Waals surface area contributed by atoms with E-state index in [9.17, 15) is 0 Å². The lowest BCUT2D eigenvalue weighted by atomic mass is 10.3. The van der Waals surface area contributed by atoms with E-state index >= 15 is 0 Å². The summed E-state index contributed by atoms with van der Waals surface area (Å²) in [5, 5.41) is 0. The Balaban J connectivity index is 2.77. The summed E-state index contributed by atoms with van der Waals surface area (Å²) in [5.41, 5.74) is 5.35. The van der Waals surface area contributed by atoms with Crippen LogP contribution >= 0.6 is 0 Å². The first-order valence-corrected chi connectivity index (χ1v) is 3.47. The molecule has 0 aromatic carbocycles. The van der Waals surface area contributed by atoms with Gasteiger partial charge in [-0.05, 0) is 13.8 Å². The maximum atomic E-state index is 5.35. The molecule has 0 unspecified atom stereocenters. The molecule has 2 N–H and O–H groups in total. The van der Waals surface area contributed by atoms with Crippen LogP contribution in [0.3, 0.4) is 0 Å². The smallest absolute Gasteiger partial charge is 0.223 e. The maximum absolute atomic E-state index is 5.35. The Morgan fingerprint density at radius 3 is 2.73 bits per heavy atom. The van der Waals surface area contributed by atoms with Crippen molar-refractivity contribution in [2.45, 2.75) is 19.9 Å². The molecule has 0 radical (unpaired) electrons. The standard InChI is InChI=1S/C7H12N4/c1-5(2)11-4-9-7(8)10-6(11)3/h4-5H,3H2,1-2H3,(H2,8,10). The Kier molecular flexibility index (Phi) is 1.94. The molecule has 1 heterocycles. The monoisotopic (exact) mass is 152 g/mol. The summed E-state index contributed by atoms with van der Waals surface area (Å²) in [6.07, 6.45) is 1.65. The van der Waals surface area contributed by atoms with Crippen LogP contribution in [-0.4, -0.2) is 23.2 Å². The van der Waals surface area contributed by atoms with Crippen molar-refractivity contribution >= 4 is 12.3 Å². The lowest BCUT2D eigenvalue weighted by Gasteiger charge is -2.25. The van der Waals surface area contributed by atoms with Crippen molar-refractivity contribution in [3.8, 4) is 0 Å². The minimum atomic E-state index is 0.270. The fourth-order valence-corrected chi connectivity index (χ4v) is 0.838. The van der Waals surface area contributed by atoms with Gasteiger partial charge in [0.25, 0.3) is 0 Å². The molecule has 4 nitrogen and oxygen atoms in total. The Morgan fingerprint density at radius 2 is 2.27 bits per heavy atom. The van der Waals surface area contributed by atoms with Crippen LogP contribution in [0.15, 0.2) is 22.4 Å². The highest BCUT2D eigenvalue weighted by atomic mass is 15.3. The number of rotatable bonds is 1. The summed E-state index contributed by atoms with van der Waals surface area (Å²) in [6.45, 7) is 7.81. The molecule has 0 saturated heterocycles. The summed E-state index contributed by atoms with van der Waals surface area (Å²) in [5.74, 6) is 0.916. The molecular weight excluding hydrogens is 140 g/mol. The van der Waals surface area contributed by atoms with Gasteiger partial charge in [-0.15, -0.1) is 0 Å². The molecule has 0 bridgehead atoms. The van der Waals surface area contributed by atoms with Gasteiger partial charge >= 0.3 is 0 Å². The summed E-state index contributed by atoms with van der Waals surface area (Å²) in [4.78, 5) is 9.62. The van der Waals surface area contributed by atoms with Crippen LogP contribution in [0.5, 0.6) is 0 Å². The van der Waals surface area contributed by atoms with Crippen molar-refractivity contribution in [2.75, 3.05) is 0 Å². The van der Waals surface area contributed by atoms with Crippen molar-refractivity contribution in [1.29, 1.82) is 0 Å². The summed E-state index contributed by atoms with van der Waals surface area (Å²) < 4.78 is 0. The third-order valence-electron chi connectivity index (χ3n) is 1.41. The van der Waals surface area contributed by atoms with Crippen molar-refractivity contribution in [2.24, 2.45) is 15.7 Å². The second-order valence-corrected chi connectivity index (χ2v) is 2.63. The molecule has 60 valence electrons. The van der Waals surface area contributed by atoms with Gasteiger partial charge in [-0.1, -0.05) is 6.58 Å². The van der Waals surface area contributed by atoms with E-state index in [1.807, 2.05) is 18.7 Å². The van der Waals surface area contributed by atoms with Gasteiger partial charge in [0.15, 0.2) is 0 Å². The zero-order chi connectivity index (χ0) is 8.43. The van der Waals surface area contributed by atoms with Crippen molar-refractivity contribution in [3.05, 3.63) is 12.4 Å². The first kappa shape index (κ1) is 7.78. The Bertz CT molecular complexity index is 227. The number of nitrogens with two attached hydrogens (primary N) is 1. The van der Waals surface area contributed by atoms with Crippen LogP contribution < -0.4 is 5.73 Å². The van der Waals surface area contributed by atoms with Crippen molar-refractivity contribution in [3.63, 3.8) is 0 Å². The summed E-state index contributed by atoms with van der Waals surface area (Å²) in [6, 6.07) is 0.322. The lowest BCUT2D eigenvalue weighted by molar-refractivity contribution is 0.431. The van der Waals surface area contributed by atoms with Crippen LogP contribution in [0.1, 0.15) is 13.8 Å². The predicted molar refractivity (Wildman–Crippen MR) is 46.2 cm³/mol. The third-order valence-corrected chi connectivity index (χ3v) is 1.41. The minimum absolute atomic E-state index is 0.270. The first-order valence-electron chi connectivity index (χ1n) is 3.47. The Labute approximate surface area is 66.1 Å². The highest BCUT2D eigenvalue weighted by Gasteiger charge is 2.11. The molecule has 0 atom stereocenters. The van der Waals surface area contributed by atoms with Crippen LogP contribution in [0.2, 0.25) is 0 Å². The fourth-order valence-electron chi connectivity index (χ4n) is 0.838. The van der Waals surface area contributed by atoms with E-state index in [0.29, 0.717) is 11.9 Å². The Hall–Kier alpha value is -1.32. The third kappa shape index (κ3) is 1.58. The fraction of sp³-hybridized carbons (Fsp3) is 0.429. The molecule has 1 aliphatic heterocycles. The number of hydrogen-bond acceptors (Lipinski definition) is 4. The van der Waals surface area contributed by atoms with Crippen LogP contribution in [0.4, 0.5) is 0 Å². The van der Waals surface area contributed by atoms with Crippen molar-refractivity contribution < 1.29 is 0 Å². The number of aliphatic imine (C=N–C) groups is 2. The summed E-state index contributed by atoms with van der Waals surface area (Å²) >= 11 is 0. The van der Waals surface area contributed by atoms with Crippen molar-refractivity contribution in [1.82, 2.24) is 4.90 Å². The second-order valence-electron chi connectivity index (χ2n) is 2.63. The maximum Gasteiger partial charge on any atom is 0.223 e. The normalized spacial score (nSPS) is 17.5. The van der Waals surface area contributed by atoms with Gasteiger partial charge in [-0.3, -0.25) is 0 Å². The highest BCUT2D eigenvalue weighted by molar-refractivity contribution is 5.89. The zero-order valence-corrected chi connectivity index (χ0v) is 6.78. The van der Waals surface area contributed by atoms with E-state index in [1.54, 1.807) is 6.34 Å². The van der Waals surface area contributed by atoms with Gasteiger partial charge in [-0.2, -0.15) is 4.99 Å². The number of nitrogens with zero attached hydrogens (tertiary/aromatic N) is 3. The van der Waals surface area contributed by atoms with Crippen LogP contribution in [-0.2, 0) is 0 Å². The van der Waals surface area contributed by atoms with Crippen LogP contribution in [0.25, 0.3) is 0 Å². The molecule has 0 aliphatic carbocycles. The number of guanidine groups is 1. The molecular formula is C7H12N4. The SMILES string of the molecule is C=C1N=C(N)N=CN1C(C)C. The van der Waals surface area contributed by atoms with E-state index in [2.05, 4.69) is 16.6 Å². The van der Waals surface area contributed by atoms with E-state index in [-0.39, 0.29) is 5.96 Å². The van der Waals surface area contributed by atoms with E-state index in [4.69, 9.17) is 5.73 Å². The molecule has 4 heteroatoms. The van der Waals surface area contributed by atoms with E-state index in [0.717, 1.165) is 0 Å².